The molecular formula is C15H24N2O3S. The van der Waals surface area contributed by atoms with Crippen LogP contribution in [0.15, 0.2) is 24.3 Å². The number of nitrogens with zero attached hydrogens (tertiary/aromatic N) is 2. The second-order valence-corrected chi connectivity index (χ2v) is 7.78. The maximum atomic E-state index is 12.8. The Kier molecular flexibility index (Phi) is 5.39. The Balaban J connectivity index is 3.27. The van der Waals surface area contributed by atoms with Crippen LogP contribution in [0.3, 0.4) is 0 Å². The van der Waals surface area contributed by atoms with E-state index in [0.717, 1.165) is 5.56 Å². The van der Waals surface area contributed by atoms with Crippen molar-refractivity contribution >= 4 is 21.6 Å². The average molecular weight is 312 g/mol. The summed E-state index contributed by atoms with van der Waals surface area (Å²) in [7, 11) is -0.657. The van der Waals surface area contributed by atoms with Crippen LogP contribution in [0.2, 0.25) is 0 Å². The third-order valence-electron chi connectivity index (χ3n) is 3.27. The van der Waals surface area contributed by atoms with Gasteiger partial charge in [0.1, 0.15) is 0 Å². The predicted octanol–water partition coefficient (Wildman–Crippen LogP) is 2.02. The van der Waals surface area contributed by atoms with Gasteiger partial charge in [0.05, 0.1) is 5.69 Å². The Labute approximate surface area is 127 Å². The first-order chi connectivity index (χ1) is 9.59. The van der Waals surface area contributed by atoms with E-state index >= 15 is 0 Å². The van der Waals surface area contributed by atoms with E-state index in [-0.39, 0.29) is 6.04 Å². The maximum absolute atomic E-state index is 12.8. The Morgan fingerprint density at radius 3 is 1.90 bits per heavy atom. The molecule has 0 aromatic heterocycles. The zero-order chi connectivity index (χ0) is 16.4. The SMILES string of the molecule is Cc1ccc(N(C(C)C)S(=O)(=O)[C@H](C)C(=O)N(C)C)cc1. The molecule has 0 aliphatic heterocycles. The maximum Gasteiger partial charge on any atom is 0.247 e. The summed E-state index contributed by atoms with van der Waals surface area (Å²) in [5.41, 5.74) is 1.63. The van der Waals surface area contributed by atoms with Gasteiger partial charge in [0.2, 0.25) is 15.9 Å². The number of aryl methyl sites for hydroxylation is 1. The van der Waals surface area contributed by atoms with E-state index < -0.39 is 21.2 Å². The summed E-state index contributed by atoms with van der Waals surface area (Å²) in [6, 6.07) is 6.98. The molecule has 0 heterocycles. The van der Waals surface area contributed by atoms with E-state index in [1.165, 1.54) is 16.1 Å². The zero-order valence-corrected chi connectivity index (χ0v) is 14.3. The Hall–Kier alpha value is -1.56. The molecule has 0 bridgehead atoms. The lowest BCUT2D eigenvalue weighted by molar-refractivity contribution is -0.127. The van der Waals surface area contributed by atoms with Crippen LogP contribution < -0.4 is 4.31 Å². The van der Waals surface area contributed by atoms with Crippen LogP contribution in [-0.2, 0) is 14.8 Å². The number of sulfonamides is 1. The first-order valence-corrected chi connectivity index (χ1v) is 8.40. The van der Waals surface area contributed by atoms with Gasteiger partial charge in [-0.3, -0.25) is 9.10 Å². The number of carbonyl (C=O) groups excluding carboxylic acids is 1. The number of benzene rings is 1. The minimum Gasteiger partial charge on any atom is -0.348 e. The summed E-state index contributed by atoms with van der Waals surface area (Å²) in [5.74, 6) is -0.423. The molecule has 1 aromatic carbocycles. The lowest BCUT2D eigenvalue weighted by Gasteiger charge is -2.31. The van der Waals surface area contributed by atoms with Crippen LogP contribution >= 0.6 is 0 Å². The molecule has 1 rings (SSSR count). The fraction of sp³-hybridized carbons (Fsp3) is 0.533. The van der Waals surface area contributed by atoms with Crippen LogP contribution in [-0.4, -0.2) is 44.6 Å². The Morgan fingerprint density at radius 2 is 1.52 bits per heavy atom. The monoisotopic (exact) mass is 312 g/mol. The highest BCUT2D eigenvalue weighted by Gasteiger charge is 2.36. The third kappa shape index (κ3) is 3.75. The quantitative estimate of drug-likeness (QED) is 0.836. The molecule has 5 nitrogen and oxygen atoms in total. The van der Waals surface area contributed by atoms with Crippen LogP contribution in [0.5, 0.6) is 0 Å². The van der Waals surface area contributed by atoms with Crippen LogP contribution in [0, 0.1) is 6.92 Å². The first-order valence-electron chi connectivity index (χ1n) is 6.90. The highest BCUT2D eigenvalue weighted by atomic mass is 32.2. The summed E-state index contributed by atoms with van der Waals surface area (Å²) < 4.78 is 26.9. The molecule has 0 radical (unpaired) electrons. The number of anilines is 1. The summed E-state index contributed by atoms with van der Waals surface area (Å²) in [4.78, 5) is 13.3. The van der Waals surface area contributed by atoms with Crippen molar-refractivity contribution in [2.75, 3.05) is 18.4 Å². The number of hydrogen-bond donors (Lipinski definition) is 0. The van der Waals surface area contributed by atoms with Crippen LogP contribution in [0.1, 0.15) is 26.3 Å². The molecule has 1 atom stereocenters. The molecule has 1 aromatic rings. The predicted molar refractivity (Wildman–Crippen MR) is 85.9 cm³/mol. The van der Waals surface area contributed by atoms with Gasteiger partial charge in [0.25, 0.3) is 0 Å². The molecule has 0 aliphatic carbocycles. The standard InChI is InChI=1S/C15H24N2O3S/c1-11(2)17(14-9-7-12(3)8-10-14)21(19,20)13(4)15(18)16(5)6/h7-11,13H,1-6H3/t13-/m1/s1. The zero-order valence-electron chi connectivity index (χ0n) is 13.5. The second kappa shape index (κ2) is 6.47. The molecule has 1 amide bonds. The highest BCUT2D eigenvalue weighted by molar-refractivity contribution is 7.94. The van der Waals surface area contributed by atoms with Gasteiger partial charge in [-0.2, -0.15) is 0 Å². The fourth-order valence-electron chi connectivity index (χ4n) is 2.09. The lowest BCUT2D eigenvalue weighted by Crippen LogP contribution is -2.47. The van der Waals surface area contributed by atoms with Gasteiger partial charge in [-0.25, -0.2) is 8.42 Å². The number of hydrogen-bond acceptors (Lipinski definition) is 3. The average Bonchev–Trinajstić information content (AvgIpc) is 2.38. The third-order valence-corrected chi connectivity index (χ3v) is 5.54. The summed E-state index contributed by atoms with van der Waals surface area (Å²) in [6.07, 6.45) is 0. The van der Waals surface area contributed by atoms with Gasteiger partial charge in [0, 0.05) is 20.1 Å². The molecule has 0 saturated heterocycles. The van der Waals surface area contributed by atoms with Gasteiger partial charge < -0.3 is 4.90 Å². The van der Waals surface area contributed by atoms with E-state index in [1.54, 1.807) is 40.1 Å². The van der Waals surface area contributed by atoms with E-state index in [2.05, 4.69) is 0 Å². The van der Waals surface area contributed by atoms with E-state index in [0.29, 0.717) is 5.69 Å². The normalized spacial score (nSPS) is 13.1. The van der Waals surface area contributed by atoms with Gasteiger partial charge in [-0.05, 0) is 39.8 Å². The summed E-state index contributed by atoms with van der Waals surface area (Å²) in [5, 5.41) is -1.11. The van der Waals surface area contributed by atoms with E-state index in [1.807, 2.05) is 19.1 Å². The molecule has 6 heteroatoms. The minimum atomic E-state index is -3.77. The number of amides is 1. The van der Waals surface area contributed by atoms with Crippen molar-refractivity contribution in [3.8, 4) is 0 Å². The van der Waals surface area contributed by atoms with Crippen molar-refractivity contribution < 1.29 is 13.2 Å². The van der Waals surface area contributed by atoms with Crippen molar-refractivity contribution in [2.24, 2.45) is 0 Å². The van der Waals surface area contributed by atoms with Crippen LogP contribution in [0.25, 0.3) is 0 Å². The molecule has 0 spiro atoms. The van der Waals surface area contributed by atoms with Crippen molar-refractivity contribution in [2.45, 2.75) is 39.0 Å². The van der Waals surface area contributed by atoms with Crippen LogP contribution in [0.4, 0.5) is 5.69 Å². The van der Waals surface area contributed by atoms with Gasteiger partial charge in [0.15, 0.2) is 5.25 Å². The van der Waals surface area contributed by atoms with Gasteiger partial charge >= 0.3 is 0 Å². The van der Waals surface area contributed by atoms with Crippen molar-refractivity contribution in [3.05, 3.63) is 29.8 Å². The number of rotatable bonds is 5. The molecule has 0 saturated carbocycles. The lowest BCUT2D eigenvalue weighted by atomic mass is 10.2. The largest absolute Gasteiger partial charge is 0.348 e. The molecule has 0 fully saturated rings. The smallest absolute Gasteiger partial charge is 0.247 e. The van der Waals surface area contributed by atoms with Gasteiger partial charge in [-0.1, -0.05) is 17.7 Å². The highest BCUT2D eigenvalue weighted by Crippen LogP contribution is 2.24. The van der Waals surface area contributed by atoms with Crippen molar-refractivity contribution in [3.63, 3.8) is 0 Å². The van der Waals surface area contributed by atoms with E-state index in [9.17, 15) is 13.2 Å². The molecule has 118 valence electrons. The van der Waals surface area contributed by atoms with E-state index in [4.69, 9.17) is 0 Å². The molecule has 0 aliphatic rings. The first kappa shape index (κ1) is 17.5. The molecular weight excluding hydrogens is 288 g/mol. The van der Waals surface area contributed by atoms with Crippen molar-refractivity contribution in [1.29, 1.82) is 0 Å². The Bertz CT molecular complexity index is 592. The van der Waals surface area contributed by atoms with Gasteiger partial charge in [-0.15, -0.1) is 0 Å². The molecule has 0 N–H and O–H groups in total. The Morgan fingerprint density at radius 1 is 1.05 bits per heavy atom. The summed E-state index contributed by atoms with van der Waals surface area (Å²) >= 11 is 0. The molecule has 21 heavy (non-hydrogen) atoms. The summed E-state index contributed by atoms with van der Waals surface area (Å²) in [6.45, 7) is 6.96. The minimum absolute atomic E-state index is 0.268. The topological polar surface area (TPSA) is 57.7 Å². The molecule has 0 unspecified atom stereocenters. The fourth-order valence-corrected chi connectivity index (χ4v) is 3.90. The number of carbonyl (C=O) groups is 1. The van der Waals surface area contributed by atoms with Crippen molar-refractivity contribution in [1.82, 2.24) is 4.90 Å². The second-order valence-electron chi connectivity index (χ2n) is 5.64.